The maximum absolute atomic E-state index is 12.7. The zero-order valence-electron chi connectivity index (χ0n) is 19.0. The molecule has 1 aromatic heterocycles. The number of allylic oxidation sites excluding steroid dienone is 2. The summed E-state index contributed by atoms with van der Waals surface area (Å²) in [5, 5.41) is 32.9. The van der Waals surface area contributed by atoms with Gasteiger partial charge in [0.05, 0.1) is 16.5 Å². The number of rotatable bonds is 6. The molecule has 0 unspecified atom stereocenters. The molecule has 0 bridgehead atoms. The van der Waals surface area contributed by atoms with Crippen LogP contribution in [0.3, 0.4) is 0 Å². The van der Waals surface area contributed by atoms with Crippen LogP contribution in [-0.2, 0) is 19.3 Å². The van der Waals surface area contributed by atoms with E-state index in [2.05, 4.69) is 0 Å². The van der Waals surface area contributed by atoms with E-state index in [1.165, 1.54) is 13.0 Å². The minimum Gasteiger partial charge on any atom is -0.507 e. The van der Waals surface area contributed by atoms with Crippen molar-refractivity contribution in [2.45, 2.75) is 53.9 Å². The fourth-order valence-electron chi connectivity index (χ4n) is 3.93. The summed E-state index contributed by atoms with van der Waals surface area (Å²) in [5.74, 6) is -1.08. The highest BCUT2D eigenvalue weighted by atomic mass is 16.4. The second-order valence-corrected chi connectivity index (χ2v) is 8.27. The lowest BCUT2D eigenvalue weighted by molar-refractivity contribution is 0.101. The van der Waals surface area contributed by atoms with Gasteiger partial charge in [0.2, 0.25) is 0 Å². The first-order chi connectivity index (χ1) is 15.1. The summed E-state index contributed by atoms with van der Waals surface area (Å²) < 4.78 is 5.45. The maximum atomic E-state index is 12.7. The summed E-state index contributed by atoms with van der Waals surface area (Å²) in [5.41, 5.74) is 2.85. The number of fused-ring (bicyclic) bond motifs is 1. The predicted octanol–water partition coefficient (Wildman–Crippen LogP) is 5.08. The number of aryl methyl sites for hydroxylation is 2. The van der Waals surface area contributed by atoms with E-state index < -0.39 is 5.63 Å². The molecule has 0 spiro atoms. The van der Waals surface area contributed by atoms with E-state index in [0.29, 0.717) is 5.39 Å². The van der Waals surface area contributed by atoms with Gasteiger partial charge < -0.3 is 19.7 Å². The van der Waals surface area contributed by atoms with Gasteiger partial charge in [0, 0.05) is 12.0 Å². The summed E-state index contributed by atoms with van der Waals surface area (Å²) >= 11 is 0. The van der Waals surface area contributed by atoms with Crippen LogP contribution in [-0.4, -0.2) is 21.1 Å². The molecule has 0 saturated heterocycles. The molecule has 32 heavy (non-hydrogen) atoms. The fraction of sp³-hybridized carbons (Fsp3) is 0.308. The van der Waals surface area contributed by atoms with Gasteiger partial charge in [-0.1, -0.05) is 24.6 Å². The molecular formula is C26H28O6. The molecule has 3 rings (SSSR count). The average Bonchev–Trinajstić information content (AvgIpc) is 2.71. The molecule has 6 heteroatoms. The minimum absolute atomic E-state index is 0.0162. The van der Waals surface area contributed by atoms with Crippen molar-refractivity contribution in [3.8, 4) is 17.2 Å². The van der Waals surface area contributed by atoms with Gasteiger partial charge in [-0.2, -0.15) is 0 Å². The number of phenols is 2. The van der Waals surface area contributed by atoms with E-state index in [4.69, 9.17) is 4.42 Å². The van der Waals surface area contributed by atoms with Crippen molar-refractivity contribution in [2.75, 3.05) is 0 Å². The van der Waals surface area contributed by atoms with Crippen molar-refractivity contribution < 1.29 is 24.5 Å². The number of phenolic OH excluding ortho intramolecular Hbond substituents is 2. The van der Waals surface area contributed by atoms with E-state index in [1.54, 1.807) is 6.07 Å². The second kappa shape index (κ2) is 8.91. The average molecular weight is 437 g/mol. The number of carbonyl (C=O) groups excluding carboxylic acids is 1. The van der Waals surface area contributed by atoms with Crippen molar-refractivity contribution in [3.63, 3.8) is 0 Å². The first-order valence-corrected chi connectivity index (χ1v) is 10.5. The van der Waals surface area contributed by atoms with Crippen molar-refractivity contribution in [1.29, 1.82) is 0 Å². The Bertz CT molecular complexity index is 1310. The van der Waals surface area contributed by atoms with Gasteiger partial charge in [0.25, 0.3) is 0 Å². The summed E-state index contributed by atoms with van der Waals surface area (Å²) in [6.07, 6.45) is 2.63. The number of carbonyl (C=O) groups is 1. The largest absolute Gasteiger partial charge is 0.507 e. The van der Waals surface area contributed by atoms with Crippen LogP contribution >= 0.6 is 0 Å². The zero-order chi connectivity index (χ0) is 23.7. The molecule has 0 aliphatic rings. The Kier molecular flexibility index (Phi) is 6.44. The van der Waals surface area contributed by atoms with E-state index in [9.17, 15) is 24.9 Å². The van der Waals surface area contributed by atoms with E-state index >= 15 is 0 Å². The van der Waals surface area contributed by atoms with Crippen LogP contribution in [0.15, 0.2) is 39.1 Å². The van der Waals surface area contributed by atoms with Gasteiger partial charge in [-0.05, 0) is 69.4 Å². The molecule has 2 aromatic carbocycles. The predicted molar refractivity (Wildman–Crippen MR) is 124 cm³/mol. The van der Waals surface area contributed by atoms with E-state index in [1.807, 2.05) is 39.8 Å². The summed E-state index contributed by atoms with van der Waals surface area (Å²) in [6.45, 7) is 8.94. The van der Waals surface area contributed by atoms with Crippen LogP contribution in [0.4, 0.5) is 0 Å². The van der Waals surface area contributed by atoms with Crippen LogP contribution in [0.25, 0.3) is 11.0 Å². The summed E-state index contributed by atoms with van der Waals surface area (Å²) in [7, 11) is 0. The third kappa shape index (κ3) is 4.13. The van der Waals surface area contributed by atoms with Gasteiger partial charge in [0.1, 0.15) is 22.8 Å². The summed E-state index contributed by atoms with van der Waals surface area (Å²) in [6, 6.07) is 4.88. The Labute approximate surface area is 186 Å². The van der Waals surface area contributed by atoms with E-state index in [0.717, 1.165) is 23.1 Å². The highest BCUT2D eigenvalue weighted by molar-refractivity contribution is 5.98. The lowest BCUT2D eigenvalue weighted by Crippen LogP contribution is -2.10. The lowest BCUT2D eigenvalue weighted by Gasteiger charge is -2.15. The van der Waals surface area contributed by atoms with E-state index in [-0.39, 0.29) is 63.7 Å². The Balaban J connectivity index is 2.24. The molecule has 0 atom stereocenters. The molecule has 6 nitrogen and oxygen atoms in total. The third-order valence-electron chi connectivity index (χ3n) is 5.80. The molecule has 0 aliphatic heterocycles. The number of hydrogen-bond acceptors (Lipinski definition) is 6. The number of benzene rings is 2. The van der Waals surface area contributed by atoms with Crippen LogP contribution < -0.4 is 5.63 Å². The monoisotopic (exact) mass is 436 g/mol. The zero-order valence-corrected chi connectivity index (χ0v) is 19.0. The van der Waals surface area contributed by atoms with Crippen molar-refractivity contribution in [3.05, 3.63) is 73.6 Å². The van der Waals surface area contributed by atoms with Crippen LogP contribution in [0.5, 0.6) is 17.2 Å². The third-order valence-corrected chi connectivity index (χ3v) is 5.80. The van der Waals surface area contributed by atoms with Crippen molar-refractivity contribution in [2.24, 2.45) is 0 Å². The molecule has 3 aromatic rings. The topological polar surface area (TPSA) is 108 Å². The Hall–Kier alpha value is -3.54. The van der Waals surface area contributed by atoms with Crippen molar-refractivity contribution in [1.82, 2.24) is 0 Å². The second-order valence-electron chi connectivity index (χ2n) is 8.27. The highest BCUT2D eigenvalue weighted by Gasteiger charge is 2.23. The van der Waals surface area contributed by atoms with Gasteiger partial charge in [-0.3, -0.25) is 4.79 Å². The van der Waals surface area contributed by atoms with Crippen LogP contribution in [0.1, 0.15) is 65.9 Å². The smallest absolute Gasteiger partial charge is 0.343 e. The first kappa shape index (κ1) is 23.1. The highest BCUT2D eigenvalue weighted by Crippen LogP contribution is 2.38. The Morgan fingerprint density at radius 2 is 1.69 bits per heavy atom. The lowest BCUT2D eigenvalue weighted by atomic mass is 9.93. The van der Waals surface area contributed by atoms with Crippen LogP contribution in [0, 0.1) is 6.92 Å². The van der Waals surface area contributed by atoms with Gasteiger partial charge >= 0.3 is 5.63 Å². The molecule has 1 heterocycles. The maximum Gasteiger partial charge on any atom is 0.343 e. The van der Waals surface area contributed by atoms with Gasteiger partial charge in [0.15, 0.2) is 5.78 Å². The molecule has 3 N–H and O–H groups in total. The number of hydrogen-bond donors (Lipinski definition) is 3. The first-order valence-electron chi connectivity index (χ1n) is 10.5. The van der Waals surface area contributed by atoms with Crippen LogP contribution in [0.2, 0.25) is 0 Å². The molecule has 168 valence electrons. The minimum atomic E-state index is -0.721. The Morgan fingerprint density at radius 3 is 2.28 bits per heavy atom. The normalized spacial score (nSPS) is 11.0. The molecule has 0 amide bonds. The molecule has 0 saturated carbocycles. The summed E-state index contributed by atoms with van der Waals surface area (Å²) in [4.78, 5) is 24.8. The van der Waals surface area contributed by atoms with Crippen molar-refractivity contribution >= 4 is 16.8 Å². The van der Waals surface area contributed by atoms with Gasteiger partial charge in [-0.15, -0.1) is 0 Å². The fourth-order valence-corrected chi connectivity index (χ4v) is 3.93. The Morgan fingerprint density at radius 1 is 1.00 bits per heavy atom. The SMILES string of the molecule is CCc1ccc2oc(=O)c(Cc3cc(C(C)=O)c(O)c(CC=C(C)C)c3O)c(O)c2c1C. The quantitative estimate of drug-likeness (QED) is 0.282. The molecular weight excluding hydrogens is 408 g/mol. The number of aromatic hydroxyl groups is 3. The standard InChI is InChI=1S/C26H28O6/c1-6-16-8-10-21-22(14(16)4)25(30)20(26(31)32-21)12-17-11-19(15(5)27)24(29)18(23(17)28)9-7-13(2)3/h7-8,10-11,28-30H,6,9,12H2,1-5H3. The number of ketones is 1. The molecule has 0 aliphatic carbocycles. The van der Waals surface area contributed by atoms with Gasteiger partial charge in [-0.25, -0.2) is 4.79 Å². The molecule has 0 fully saturated rings. The number of Topliss-reactive ketones (excluding diaryl/α,β-unsaturated/α-hetero) is 1. The molecule has 0 radical (unpaired) electrons.